The Bertz CT molecular complexity index is 1760. The summed E-state index contributed by atoms with van der Waals surface area (Å²) in [5.41, 5.74) is 1.18. The van der Waals surface area contributed by atoms with Gasteiger partial charge in [-0.05, 0) is 73.7 Å². The number of thiazole rings is 1. The van der Waals surface area contributed by atoms with E-state index in [1.807, 2.05) is 6.92 Å². The number of hydrogen-bond acceptors (Lipinski definition) is 7. The lowest BCUT2D eigenvalue weighted by molar-refractivity contribution is 0.0996. The SMILES string of the molecule is CCOCCn1c(=NC(=O)c2ccc(NS(=O)(=O)c3ccc(Cl)cc3)cc2)sc2cc(S(N)(=O)=O)ccc21. The van der Waals surface area contributed by atoms with Gasteiger partial charge in [-0.3, -0.25) is 9.52 Å². The number of primary sulfonamides is 1. The average Bonchev–Trinajstić information content (AvgIpc) is 3.20. The fourth-order valence-electron chi connectivity index (χ4n) is 3.49. The lowest BCUT2D eigenvalue weighted by atomic mass is 10.2. The molecule has 4 rings (SSSR count). The average molecular weight is 595 g/mol. The van der Waals surface area contributed by atoms with Crippen LogP contribution in [0.25, 0.3) is 10.2 Å². The van der Waals surface area contributed by atoms with Crippen LogP contribution in [-0.4, -0.2) is 40.5 Å². The largest absolute Gasteiger partial charge is 0.380 e. The normalized spacial score (nSPS) is 12.7. The molecule has 4 aromatic rings. The number of benzene rings is 3. The molecule has 200 valence electrons. The summed E-state index contributed by atoms with van der Waals surface area (Å²) in [6, 6.07) is 16.0. The number of anilines is 1. The van der Waals surface area contributed by atoms with Crippen LogP contribution in [0.2, 0.25) is 5.02 Å². The number of sulfonamides is 2. The minimum absolute atomic E-state index is 0.0438. The molecule has 0 bridgehead atoms. The summed E-state index contributed by atoms with van der Waals surface area (Å²) in [6.07, 6.45) is 0. The number of carbonyl (C=O) groups is 1. The predicted molar refractivity (Wildman–Crippen MR) is 146 cm³/mol. The highest BCUT2D eigenvalue weighted by Gasteiger charge is 2.16. The number of hydrogen-bond donors (Lipinski definition) is 2. The Kier molecular flexibility index (Phi) is 8.35. The van der Waals surface area contributed by atoms with Crippen LogP contribution in [-0.2, 0) is 31.3 Å². The lowest BCUT2D eigenvalue weighted by Gasteiger charge is -2.08. The Labute approximate surface area is 228 Å². The molecule has 3 aromatic carbocycles. The van der Waals surface area contributed by atoms with Crippen molar-refractivity contribution < 1.29 is 26.4 Å². The third-order valence-corrected chi connectivity index (χ3v) is 8.95. The Balaban J connectivity index is 1.63. The maximum atomic E-state index is 13.0. The van der Waals surface area contributed by atoms with Crippen LogP contribution in [0, 0.1) is 0 Å². The predicted octanol–water partition coefficient (Wildman–Crippen LogP) is 3.58. The van der Waals surface area contributed by atoms with Crippen molar-refractivity contribution in [3.05, 3.63) is 82.1 Å². The molecule has 0 radical (unpaired) electrons. The number of nitrogens with zero attached hydrogens (tertiary/aromatic N) is 2. The van der Waals surface area contributed by atoms with E-state index in [0.717, 1.165) is 11.3 Å². The van der Waals surface area contributed by atoms with Crippen LogP contribution in [0.5, 0.6) is 0 Å². The number of rotatable bonds is 9. The third kappa shape index (κ3) is 6.49. The molecule has 1 amide bonds. The minimum atomic E-state index is -3.90. The summed E-state index contributed by atoms with van der Waals surface area (Å²) in [6.45, 7) is 3.13. The summed E-state index contributed by atoms with van der Waals surface area (Å²) in [5, 5.41) is 5.68. The number of fused-ring (bicyclic) bond motifs is 1. The van der Waals surface area contributed by atoms with Gasteiger partial charge in [0, 0.05) is 29.4 Å². The topological polar surface area (TPSA) is 150 Å². The second-order valence-corrected chi connectivity index (χ2v) is 12.7. The van der Waals surface area contributed by atoms with Gasteiger partial charge in [0.05, 0.1) is 26.6 Å². The second kappa shape index (κ2) is 11.4. The van der Waals surface area contributed by atoms with E-state index >= 15 is 0 Å². The van der Waals surface area contributed by atoms with Crippen molar-refractivity contribution in [3.8, 4) is 0 Å². The van der Waals surface area contributed by atoms with Gasteiger partial charge in [-0.2, -0.15) is 4.99 Å². The van der Waals surface area contributed by atoms with E-state index in [0.29, 0.717) is 39.8 Å². The van der Waals surface area contributed by atoms with Gasteiger partial charge in [-0.25, -0.2) is 22.0 Å². The zero-order chi connectivity index (χ0) is 27.5. The van der Waals surface area contributed by atoms with Gasteiger partial charge in [0.25, 0.3) is 15.9 Å². The maximum absolute atomic E-state index is 13.0. The van der Waals surface area contributed by atoms with Gasteiger partial charge in [-0.1, -0.05) is 22.9 Å². The van der Waals surface area contributed by atoms with Crippen molar-refractivity contribution in [3.63, 3.8) is 0 Å². The first-order chi connectivity index (χ1) is 18.0. The fourth-order valence-corrected chi connectivity index (χ4v) is 6.39. The van der Waals surface area contributed by atoms with Crippen LogP contribution in [0.1, 0.15) is 17.3 Å². The van der Waals surface area contributed by atoms with Gasteiger partial charge in [0.15, 0.2) is 4.80 Å². The summed E-state index contributed by atoms with van der Waals surface area (Å²) in [5.74, 6) is -0.555. The van der Waals surface area contributed by atoms with Crippen LogP contribution in [0.3, 0.4) is 0 Å². The highest BCUT2D eigenvalue weighted by atomic mass is 35.5. The molecule has 0 aliphatic rings. The quantitative estimate of drug-likeness (QED) is 0.283. The van der Waals surface area contributed by atoms with Gasteiger partial charge in [-0.15, -0.1) is 0 Å². The molecular weight excluding hydrogens is 572 g/mol. The maximum Gasteiger partial charge on any atom is 0.279 e. The van der Waals surface area contributed by atoms with Gasteiger partial charge < -0.3 is 9.30 Å². The second-order valence-electron chi connectivity index (χ2n) is 7.96. The van der Waals surface area contributed by atoms with Crippen molar-refractivity contribution in [2.24, 2.45) is 10.1 Å². The van der Waals surface area contributed by atoms with Crippen molar-refractivity contribution in [1.82, 2.24) is 4.57 Å². The van der Waals surface area contributed by atoms with Crippen molar-refractivity contribution in [2.75, 3.05) is 17.9 Å². The zero-order valence-electron chi connectivity index (χ0n) is 20.0. The molecule has 0 spiro atoms. The highest BCUT2D eigenvalue weighted by Crippen LogP contribution is 2.22. The van der Waals surface area contributed by atoms with E-state index in [1.165, 1.54) is 60.7 Å². The van der Waals surface area contributed by atoms with Gasteiger partial charge in [0.1, 0.15) is 0 Å². The van der Waals surface area contributed by atoms with E-state index in [9.17, 15) is 21.6 Å². The zero-order valence-corrected chi connectivity index (χ0v) is 23.2. The van der Waals surface area contributed by atoms with Gasteiger partial charge in [0.2, 0.25) is 10.0 Å². The van der Waals surface area contributed by atoms with Crippen LogP contribution in [0.15, 0.2) is 81.5 Å². The third-order valence-electron chi connectivity index (χ3n) is 5.35. The molecule has 1 heterocycles. The summed E-state index contributed by atoms with van der Waals surface area (Å²) in [4.78, 5) is 17.6. The number of nitrogens with two attached hydrogens (primary N) is 1. The van der Waals surface area contributed by atoms with E-state index in [1.54, 1.807) is 10.6 Å². The molecule has 3 N–H and O–H groups in total. The molecule has 10 nitrogen and oxygen atoms in total. The molecule has 38 heavy (non-hydrogen) atoms. The first-order valence-electron chi connectivity index (χ1n) is 11.2. The molecule has 0 atom stereocenters. The Hall–Kier alpha value is -3.07. The van der Waals surface area contributed by atoms with Gasteiger partial charge >= 0.3 is 0 Å². The molecule has 0 aliphatic carbocycles. The Morgan fingerprint density at radius 3 is 2.32 bits per heavy atom. The van der Waals surface area contributed by atoms with E-state index in [4.69, 9.17) is 21.5 Å². The van der Waals surface area contributed by atoms with Crippen LogP contribution >= 0.6 is 22.9 Å². The van der Waals surface area contributed by atoms with E-state index in [-0.39, 0.29) is 21.0 Å². The molecular formula is C24H23ClN4O6S3. The highest BCUT2D eigenvalue weighted by molar-refractivity contribution is 7.92. The number of ether oxygens (including phenoxy) is 1. The first-order valence-corrected chi connectivity index (χ1v) is 15.4. The van der Waals surface area contributed by atoms with Crippen molar-refractivity contribution in [1.29, 1.82) is 0 Å². The molecule has 0 saturated heterocycles. The molecule has 0 fully saturated rings. The number of carbonyl (C=O) groups excluding carboxylic acids is 1. The Morgan fingerprint density at radius 1 is 1.03 bits per heavy atom. The number of nitrogens with one attached hydrogen (secondary N) is 1. The molecule has 0 saturated carbocycles. The fraction of sp³-hybridized carbons (Fsp3) is 0.167. The molecule has 14 heteroatoms. The van der Waals surface area contributed by atoms with E-state index in [2.05, 4.69) is 9.71 Å². The van der Waals surface area contributed by atoms with E-state index < -0.39 is 26.0 Å². The number of aromatic nitrogens is 1. The van der Waals surface area contributed by atoms with Crippen molar-refractivity contribution >= 4 is 64.8 Å². The van der Waals surface area contributed by atoms with Crippen LogP contribution < -0.4 is 14.7 Å². The Morgan fingerprint density at radius 2 is 1.68 bits per heavy atom. The van der Waals surface area contributed by atoms with Crippen molar-refractivity contribution in [2.45, 2.75) is 23.3 Å². The minimum Gasteiger partial charge on any atom is -0.380 e. The summed E-state index contributed by atoms with van der Waals surface area (Å²) in [7, 11) is -7.74. The summed E-state index contributed by atoms with van der Waals surface area (Å²) >= 11 is 6.97. The molecule has 0 aliphatic heterocycles. The lowest BCUT2D eigenvalue weighted by Crippen LogP contribution is -2.20. The number of halogens is 1. The molecule has 0 unspecified atom stereocenters. The van der Waals surface area contributed by atoms with Crippen LogP contribution in [0.4, 0.5) is 5.69 Å². The monoisotopic (exact) mass is 594 g/mol. The standard InChI is InChI=1S/C24H23ClN4O6S3/c1-2-35-14-13-29-21-12-11-20(37(26,31)32)15-22(21)36-24(29)27-23(30)16-3-7-18(8-4-16)28-38(33,34)19-9-5-17(25)6-10-19/h3-12,15,28H,2,13-14H2,1H3,(H2,26,31,32). The number of amides is 1. The summed E-state index contributed by atoms with van der Waals surface area (Å²) < 4.78 is 59.0. The smallest absolute Gasteiger partial charge is 0.279 e. The molecule has 1 aromatic heterocycles. The first kappa shape index (κ1) is 28.0.